The number of carbonyl (C=O) groups excluding carboxylic acids is 1. The van der Waals surface area contributed by atoms with Gasteiger partial charge in [-0.25, -0.2) is 0 Å². The smallest absolute Gasteiger partial charge is 0.164 e. The summed E-state index contributed by atoms with van der Waals surface area (Å²) in [5.41, 5.74) is 4.25. The lowest BCUT2D eigenvalue weighted by molar-refractivity contribution is -0.113. The average Bonchev–Trinajstić information content (AvgIpc) is 2.83. The van der Waals surface area contributed by atoms with Crippen molar-refractivity contribution < 1.29 is 9.53 Å². The highest BCUT2D eigenvalue weighted by Crippen LogP contribution is 2.41. The van der Waals surface area contributed by atoms with Crippen LogP contribution >= 0.6 is 0 Å². The zero-order valence-electron chi connectivity index (χ0n) is 12.3. The van der Waals surface area contributed by atoms with Gasteiger partial charge in [0.2, 0.25) is 0 Å². The van der Waals surface area contributed by atoms with Crippen molar-refractivity contribution in [3.63, 3.8) is 0 Å². The second kappa shape index (κ2) is 5.57. The molecule has 0 aromatic heterocycles. The van der Waals surface area contributed by atoms with Gasteiger partial charge in [-0.2, -0.15) is 0 Å². The van der Waals surface area contributed by atoms with Gasteiger partial charge in [-0.1, -0.05) is 48.0 Å². The van der Waals surface area contributed by atoms with Crippen LogP contribution in [0.25, 0.3) is 5.57 Å². The van der Waals surface area contributed by atoms with Gasteiger partial charge in [-0.05, 0) is 30.2 Å². The highest BCUT2D eigenvalue weighted by molar-refractivity contribution is 6.24. The molecule has 2 heteroatoms. The Kier molecular flexibility index (Phi) is 3.61. The number of Topliss-reactive ketones (excluding diaryl/α,β-unsaturated/α-hetero) is 1. The Bertz CT molecular complexity index is 681. The van der Waals surface area contributed by atoms with Gasteiger partial charge in [-0.15, -0.1) is 0 Å². The fourth-order valence-corrected chi connectivity index (χ4v) is 3.03. The van der Waals surface area contributed by atoms with E-state index in [0.717, 1.165) is 22.5 Å². The van der Waals surface area contributed by atoms with Gasteiger partial charge in [0.15, 0.2) is 5.78 Å². The van der Waals surface area contributed by atoms with Crippen LogP contribution in [0.4, 0.5) is 0 Å². The largest absolute Gasteiger partial charge is 0.497 e. The van der Waals surface area contributed by atoms with Crippen molar-refractivity contribution in [3.05, 3.63) is 71.3 Å². The zero-order valence-corrected chi connectivity index (χ0v) is 12.3. The molecule has 2 aromatic carbocycles. The van der Waals surface area contributed by atoms with E-state index >= 15 is 0 Å². The number of benzene rings is 2. The maximum absolute atomic E-state index is 12.4. The average molecular weight is 278 g/mol. The number of ketones is 1. The molecule has 1 aliphatic carbocycles. The third-order valence-electron chi connectivity index (χ3n) is 4.17. The van der Waals surface area contributed by atoms with E-state index < -0.39 is 0 Å². The molecule has 2 aromatic rings. The van der Waals surface area contributed by atoms with E-state index in [4.69, 9.17) is 4.74 Å². The molecule has 21 heavy (non-hydrogen) atoms. The molecular weight excluding hydrogens is 260 g/mol. The number of carbonyl (C=O) groups is 1. The van der Waals surface area contributed by atoms with Crippen LogP contribution in [0.1, 0.15) is 30.4 Å². The molecule has 1 aliphatic rings. The monoisotopic (exact) mass is 278 g/mol. The third kappa shape index (κ3) is 2.49. The first-order valence-electron chi connectivity index (χ1n) is 7.14. The van der Waals surface area contributed by atoms with Crippen molar-refractivity contribution in [2.75, 3.05) is 7.11 Å². The topological polar surface area (TPSA) is 26.3 Å². The Morgan fingerprint density at radius 1 is 1.00 bits per heavy atom. The minimum Gasteiger partial charge on any atom is -0.497 e. The first-order chi connectivity index (χ1) is 10.2. The zero-order chi connectivity index (χ0) is 14.8. The van der Waals surface area contributed by atoms with E-state index in [-0.39, 0.29) is 11.7 Å². The van der Waals surface area contributed by atoms with E-state index in [0.29, 0.717) is 6.42 Å². The Hall–Kier alpha value is -2.35. The molecule has 0 amide bonds. The SMILES string of the molecule is COc1ccc(C2CC(=O)C(c3ccccc3)=C2C)cc1. The van der Waals surface area contributed by atoms with E-state index in [9.17, 15) is 4.79 Å². The van der Waals surface area contributed by atoms with Gasteiger partial charge in [0, 0.05) is 17.9 Å². The highest BCUT2D eigenvalue weighted by Gasteiger charge is 2.31. The van der Waals surface area contributed by atoms with Crippen molar-refractivity contribution in [1.82, 2.24) is 0 Å². The second-order valence-corrected chi connectivity index (χ2v) is 5.38. The first-order valence-corrected chi connectivity index (χ1v) is 7.14. The maximum atomic E-state index is 12.4. The molecule has 0 radical (unpaired) electrons. The predicted molar refractivity (Wildman–Crippen MR) is 84.4 cm³/mol. The van der Waals surface area contributed by atoms with Gasteiger partial charge < -0.3 is 4.74 Å². The number of allylic oxidation sites excluding steroid dienone is 2. The standard InChI is InChI=1S/C19H18O2/c1-13-17(14-8-10-16(21-2)11-9-14)12-18(20)19(13)15-6-4-3-5-7-15/h3-11,17H,12H2,1-2H3. The summed E-state index contributed by atoms with van der Waals surface area (Å²) in [5.74, 6) is 1.26. The number of rotatable bonds is 3. The van der Waals surface area contributed by atoms with Crippen LogP contribution in [0.15, 0.2) is 60.2 Å². The van der Waals surface area contributed by atoms with Gasteiger partial charge in [0.05, 0.1) is 7.11 Å². The summed E-state index contributed by atoms with van der Waals surface area (Å²) in [5, 5.41) is 0. The molecule has 3 rings (SSSR count). The van der Waals surface area contributed by atoms with Gasteiger partial charge in [0.25, 0.3) is 0 Å². The number of methoxy groups -OCH3 is 1. The van der Waals surface area contributed by atoms with Gasteiger partial charge >= 0.3 is 0 Å². The summed E-state index contributed by atoms with van der Waals surface area (Å²) in [7, 11) is 1.66. The molecular formula is C19H18O2. The van der Waals surface area contributed by atoms with Crippen LogP contribution in [0.3, 0.4) is 0 Å². The lowest BCUT2D eigenvalue weighted by Crippen LogP contribution is -1.98. The molecule has 0 bridgehead atoms. The third-order valence-corrected chi connectivity index (χ3v) is 4.17. The summed E-state index contributed by atoms with van der Waals surface area (Å²) in [6.45, 7) is 2.07. The van der Waals surface area contributed by atoms with Crippen molar-refractivity contribution >= 4 is 11.4 Å². The van der Waals surface area contributed by atoms with Crippen LogP contribution < -0.4 is 4.74 Å². The normalized spacial score (nSPS) is 18.2. The van der Waals surface area contributed by atoms with Gasteiger partial charge in [0.1, 0.15) is 5.75 Å². The molecule has 106 valence electrons. The number of ether oxygens (including phenoxy) is 1. The first kappa shape index (κ1) is 13.6. The number of hydrogen-bond donors (Lipinski definition) is 0. The molecule has 0 heterocycles. The molecule has 1 unspecified atom stereocenters. The van der Waals surface area contributed by atoms with Crippen LogP contribution in [-0.4, -0.2) is 12.9 Å². The molecule has 0 N–H and O–H groups in total. The molecule has 0 aliphatic heterocycles. The molecule has 0 saturated heterocycles. The number of hydrogen-bond acceptors (Lipinski definition) is 2. The van der Waals surface area contributed by atoms with Crippen molar-refractivity contribution in [1.29, 1.82) is 0 Å². The lowest BCUT2D eigenvalue weighted by Gasteiger charge is -2.12. The Balaban J connectivity index is 1.98. The van der Waals surface area contributed by atoms with Crippen LogP contribution in [-0.2, 0) is 4.79 Å². The van der Waals surface area contributed by atoms with Crippen LogP contribution in [0, 0.1) is 0 Å². The second-order valence-electron chi connectivity index (χ2n) is 5.38. The quantitative estimate of drug-likeness (QED) is 0.840. The van der Waals surface area contributed by atoms with Gasteiger partial charge in [-0.3, -0.25) is 4.79 Å². The summed E-state index contributed by atoms with van der Waals surface area (Å²) < 4.78 is 5.19. The van der Waals surface area contributed by atoms with Crippen LogP contribution in [0.5, 0.6) is 5.75 Å². The fraction of sp³-hybridized carbons (Fsp3) is 0.211. The van der Waals surface area contributed by atoms with Crippen molar-refractivity contribution in [2.45, 2.75) is 19.3 Å². The minimum absolute atomic E-state index is 0.179. The summed E-state index contributed by atoms with van der Waals surface area (Å²) >= 11 is 0. The Labute approximate surface area is 125 Å². The van der Waals surface area contributed by atoms with E-state index in [2.05, 4.69) is 6.92 Å². The lowest BCUT2D eigenvalue weighted by atomic mass is 9.92. The van der Waals surface area contributed by atoms with E-state index in [1.54, 1.807) is 7.11 Å². The molecule has 0 spiro atoms. The molecule has 0 saturated carbocycles. The molecule has 1 atom stereocenters. The van der Waals surface area contributed by atoms with Crippen molar-refractivity contribution in [2.24, 2.45) is 0 Å². The van der Waals surface area contributed by atoms with E-state index in [1.165, 1.54) is 5.56 Å². The van der Waals surface area contributed by atoms with Crippen molar-refractivity contribution in [3.8, 4) is 5.75 Å². The van der Waals surface area contributed by atoms with E-state index in [1.807, 2.05) is 54.6 Å². The molecule has 0 fully saturated rings. The predicted octanol–water partition coefficient (Wildman–Crippen LogP) is 4.23. The summed E-state index contributed by atoms with van der Waals surface area (Å²) in [6.07, 6.45) is 0.558. The fourth-order valence-electron chi connectivity index (χ4n) is 3.03. The Morgan fingerprint density at radius 3 is 2.29 bits per heavy atom. The summed E-state index contributed by atoms with van der Waals surface area (Å²) in [6, 6.07) is 17.9. The molecule has 2 nitrogen and oxygen atoms in total. The highest BCUT2D eigenvalue weighted by atomic mass is 16.5. The maximum Gasteiger partial charge on any atom is 0.164 e. The summed E-state index contributed by atoms with van der Waals surface area (Å²) in [4.78, 5) is 12.4. The Morgan fingerprint density at radius 2 is 1.67 bits per heavy atom. The minimum atomic E-state index is 0.179. The van der Waals surface area contributed by atoms with Crippen LogP contribution in [0.2, 0.25) is 0 Å².